The lowest BCUT2D eigenvalue weighted by atomic mass is 10.1. The molecule has 2 atom stereocenters. The Bertz CT molecular complexity index is 665. The lowest BCUT2D eigenvalue weighted by Crippen LogP contribution is -2.34. The van der Waals surface area contributed by atoms with Crippen molar-refractivity contribution in [2.45, 2.75) is 11.0 Å². The number of nitrogens with one attached hydrogen (secondary N) is 3. The molecule has 1 aromatic carbocycles. The van der Waals surface area contributed by atoms with Gasteiger partial charge in [0.1, 0.15) is 0 Å². The molecule has 1 fully saturated rings. The van der Waals surface area contributed by atoms with E-state index < -0.39 is 16.1 Å². The molecular formula is C15H23N3O5S. The number of methoxy groups -OCH3 is 1. The number of β-amino-alcohol motifs (C(OH)–C–C–N with tert-alkyl or cyclic N) is 1. The summed E-state index contributed by atoms with van der Waals surface area (Å²) < 4.78 is 31.5. The molecule has 4 N–H and O–H groups in total. The van der Waals surface area contributed by atoms with Crippen LogP contribution in [0.5, 0.6) is 0 Å². The predicted octanol–water partition coefficient (Wildman–Crippen LogP) is -1.08. The molecule has 2 rings (SSSR count). The molecule has 0 spiro atoms. The number of carbonyl (C=O) groups excluding carboxylic acids is 1. The fourth-order valence-electron chi connectivity index (χ4n) is 2.42. The molecule has 1 aliphatic heterocycles. The summed E-state index contributed by atoms with van der Waals surface area (Å²) in [5.41, 5.74) is 0.255. The number of rotatable bonds is 8. The Kier molecular flexibility index (Phi) is 6.69. The van der Waals surface area contributed by atoms with Gasteiger partial charge in [-0.3, -0.25) is 4.79 Å². The van der Waals surface area contributed by atoms with E-state index in [1.54, 1.807) is 6.07 Å². The quantitative estimate of drug-likeness (QED) is 0.440. The molecule has 1 heterocycles. The topological polar surface area (TPSA) is 117 Å². The van der Waals surface area contributed by atoms with Crippen molar-refractivity contribution in [3.63, 3.8) is 0 Å². The average molecular weight is 357 g/mol. The van der Waals surface area contributed by atoms with Gasteiger partial charge in [-0.2, -0.15) is 0 Å². The monoisotopic (exact) mass is 357 g/mol. The second-order valence-corrected chi connectivity index (χ2v) is 7.38. The van der Waals surface area contributed by atoms with Crippen molar-refractivity contribution in [1.82, 2.24) is 15.4 Å². The van der Waals surface area contributed by atoms with Crippen LogP contribution in [0, 0.1) is 5.92 Å². The van der Waals surface area contributed by atoms with Gasteiger partial charge in [0.05, 0.1) is 17.6 Å². The average Bonchev–Trinajstić information content (AvgIpc) is 2.98. The number of sulfonamides is 1. The lowest BCUT2D eigenvalue weighted by Gasteiger charge is -2.14. The summed E-state index contributed by atoms with van der Waals surface area (Å²) in [6.07, 6.45) is -0.484. The lowest BCUT2D eigenvalue weighted by molar-refractivity contribution is 0.0927. The third kappa shape index (κ3) is 4.99. The van der Waals surface area contributed by atoms with Gasteiger partial charge >= 0.3 is 0 Å². The van der Waals surface area contributed by atoms with Crippen LogP contribution in [0.15, 0.2) is 29.2 Å². The Morgan fingerprint density at radius 1 is 1.42 bits per heavy atom. The van der Waals surface area contributed by atoms with Crippen LogP contribution in [0.4, 0.5) is 0 Å². The van der Waals surface area contributed by atoms with Crippen LogP contribution in [0.2, 0.25) is 0 Å². The Morgan fingerprint density at radius 2 is 2.21 bits per heavy atom. The third-order valence-corrected chi connectivity index (χ3v) is 5.29. The molecule has 1 amide bonds. The van der Waals surface area contributed by atoms with E-state index in [1.807, 2.05) is 0 Å². The maximum atomic E-state index is 12.2. The van der Waals surface area contributed by atoms with Crippen LogP contribution in [0.3, 0.4) is 0 Å². The maximum absolute atomic E-state index is 12.2. The number of benzene rings is 1. The Morgan fingerprint density at radius 3 is 2.88 bits per heavy atom. The zero-order valence-corrected chi connectivity index (χ0v) is 14.3. The summed E-state index contributed by atoms with van der Waals surface area (Å²) in [6, 6.07) is 5.82. The first-order chi connectivity index (χ1) is 11.4. The van der Waals surface area contributed by atoms with Gasteiger partial charge in [0.25, 0.3) is 5.91 Å². The number of hydrogen-bond donors (Lipinski definition) is 4. The third-order valence-electron chi connectivity index (χ3n) is 3.83. The van der Waals surface area contributed by atoms with Crippen LogP contribution in [0.1, 0.15) is 10.4 Å². The van der Waals surface area contributed by atoms with Gasteiger partial charge in [0.15, 0.2) is 0 Å². The summed E-state index contributed by atoms with van der Waals surface area (Å²) in [6.45, 7) is 1.90. The van der Waals surface area contributed by atoms with Crippen molar-refractivity contribution in [3.05, 3.63) is 29.8 Å². The van der Waals surface area contributed by atoms with E-state index in [1.165, 1.54) is 25.3 Å². The Hall–Kier alpha value is -1.52. The summed E-state index contributed by atoms with van der Waals surface area (Å²) in [4.78, 5) is 12.2. The molecule has 24 heavy (non-hydrogen) atoms. The van der Waals surface area contributed by atoms with E-state index in [9.17, 15) is 18.3 Å². The largest absolute Gasteiger partial charge is 0.391 e. The van der Waals surface area contributed by atoms with Crippen molar-refractivity contribution in [3.8, 4) is 0 Å². The summed E-state index contributed by atoms with van der Waals surface area (Å²) in [5, 5.41) is 15.5. The van der Waals surface area contributed by atoms with Gasteiger partial charge in [-0.15, -0.1) is 0 Å². The smallest absolute Gasteiger partial charge is 0.251 e. The van der Waals surface area contributed by atoms with Crippen molar-refractivity contribution in [2.24, 2.45) is 5.92 Å². The highest BCUT2D eigenvalue weighted by Crippen LogP contribution is 2.12. The number of amides is 1. The van der Waals surface area contributed by atoms with Crippen LogP contribution in [-0.4, -0.2) is 65.4 Å². The van der Waals surface area contributed by atoms with Crippen molar-refractivity contribution >= 4 is 15.9 Å². The van der Waals surface area contributed by atoms with Gasteiger partial charge in [0, 0.05) is 44.8 Å². The zero-order valence-electron chi connectivity index (χ0n) is 13.5. The van der Waals surface area contributed by atoms with E-state index >= 15 is 0 Å². The summed E-state index contributed by atoms with van der Waals surface area (Å²) in [7, 11) is -2.21. The molecule has 1 aliphatic rings. The molecule has 1 aromatic rings. The van der Waals surface area contributed by atoms with E-state index in [0.717, 1.165) is 0 Å². The van der Waals surface area contributed by atoms with Crippen LogP contribution < -0.4 is 15.4 Å². The van der Waals surface area contributed by atoms with Crippen LogP contribution in [0.25, 0.3) is 0 Å². The standard InChI is InChI=1S/C15H23N3O5S/c1-23-6-5-18-24(21,22)13-4-2-3-11(7-13)15(20)17-9-12-8-16-10-14(12)19/h2-4,7,12,14,16,18-19H,5-6,8-10H2,1H3,(H,17,20). The van der Waals surface area contributed by atoms with E-state index in [0.29, 0.717) is 19.6 Å². The second-order valence-electron chi connectivity index (χ2n) is 5.61. The number of hydrogen-bond acceptors (Lipinski definition) is 6. The van der Waals surface area contributed by atoms with E-state index in [4.69, 9.17) is 4.74 Å². The Balaban J connectivity index is 1.99. The van der Waals surface area contributed by atoms with Gasteiger partial charge in [0.2, 0.25) is 10.0 Å². The van der Waals surface area contributed by atoms with E-state index in [2.05, 4.69) is 15.4 Å². The molecular weight excluding hydrogens is 334 g/mol. The van der Waals surface area contributed by atoms with Gasteiger partial charge in [-0.25, -0.2) is 13.1 Å². The fraction of sp³-hybridized carbons (Fsp3) is 0.533. The minimum absolute atomic E-state index is 0.0221. The highest BCUT2D eigenvalue weighted by molar-refractivity contribution is 7.89. The molecule has 8 nitrogen and oxygen atoms in total. The molecule has 1 saturated heterocycles. The first-order valence-corrected chi connectivity index (χ1v) is 9.18. The molecule has 0 aliphatic carbocycles. The Labute approximate surface area is 141 Å². The minimum atomic E-state index is -3.69. The van der Waals surface area contributed by atoms with Crippen LogP contribution >= 0.6 is 0 Å². The molecule has 0 aromatic heterocycles. The second kappa shape index (κ2) is 8.54. The summed E-state index contributed by atoms with van der Waals surface area (Å²) in [5.74, 6) is -0.417. The molecule has 9 heteroatoms. The fourth-order valence-corrected chi connectivity index (χ4v) is 3.48. The molecule has 0 saturated carbocycles. The van der Waals surface area contributed by atoms with E-state index in [-0.39, 0.29) is 35.4 Å². The van der Waals surface area contributed by atoms with Gasteiger partial charge in [-0.05, 0) is 18.2 Å². The predicted molar refractivity (Wildman–Crippen MR) is 88.2 cm³/mol. The van der Waals surface area contributed by atoms with Crippen molar-refractivity contribution < 1.29 is 23.1 Å². The number of aliphatic hydroxyl groups excluding tert-OH is 1. The zero-order chi connectivity index (χ0) is 17.6. The molecule has 134 valence electrons. The van der Waals surface area contributed by atoms with Gasteiger partial charge < -0.3 is 20.5 Å². The molecule has 0 radical (unpaired) electrons. The van der Waals surface area contributed by atoms with Crippen LogP contribution in [-0.2, 0) is 14.8 Å². The first kappa shape index (κ1) is 18.8. The number of ether oxygens (including phenoxy) is 1. The number of carbonyl (C=O) groups is 1. The highest BCUT2D eigenvalue weighted by atomic mass is 32.2. The molecule has 2 unspecified atom stereocenters. The first-order valence-electron chi connectivity index (χ1n) is 7.69. The number of aliphatic hydroxyl groups is 1. The van der Waals surface area contributed by atoms with Crippen molar-refractivity contribution in [1.29, 1.82) is 0 Å². The summed E-state index contributed by atoms with van der Waals surface area (Å²) >= 11 is 0. The normalized spacial score (nSPS) is 20.9. The highest BCUT2D eigenvalue weighted by Gasteiger charge is 2.25. The van der Waals surface area contributed by atoms with Crippen molar-refractivity contribution in [2.75, 3.05) is 39.9 Å². The minimum Gasteiger partial charge on any atom is -0.391 e. The van der Waals surface area contributed by atoms with Gasteiger partial charge in [-0.1, -0.05) is 6.07 Å². The maximum Gasteiger partial charge on any atom is 0.251 e. The molecule has 0 bridgehead atoms. The SMILES string of the molecule is COCCNS(=O)(=O)c1cccc(C(=O)NCC2CNCC2O)c1.